The predicted molar refractivity (Wildman–Crippen MR) is 99.3 cm³/mol. The fourth-order valence-electron chi connectivity index (χ4n) is 4.48. The topological polar surface area (TPSA) is 96.1 Å². The van der Waals surface area contributed by atoms with Crippen LogP contribution in [0.5, 0.6) is 0 Å². The van der Waals surface area contributed by atoms with Crippen LogP contribution >= 0.6 is 0 Å². The smallest absolute Gasteiger partial charge is 0.411 e. The third-order valence-corrected chi connectivity index (χ3v) is 6.00. The lowest BCUT2D eigenvalue weighted by Crippen LogP contribution is -2.70. The number of likely N-dealkylation sites (N-methyl/N-ethyl adjacent to an activating group) is 1. The van der Waals surface area contributed by atoms with Crippen molar-refractivity contribution in [3.05, 3.63) is 0 Å². The van der Waals surface area contributed by atoms with Crippen molar-refractivity contribution in [2.24, 2.45) is 11.7 Å². The monoisotopic (exact) mass is 369 g/mol. The Balaban J connectivity index is 2.23. The highest BCUT2D eigenvalue weighted by molar-refractivity contribution is 5.72. The van der Waals surface area contributed by atoms with Gasteiger partial charge in [0, 0.05) is 19.1 Å². The molecule has 1 aliphatic heterocycles. The summed E-state index contributed by atoms with van der Waals surface area (Å²) in [4.78, 5) is 27.1. The Bertz CT molecular complexity index is 470. The number of nitrogens with zero attached hydrogens (tertiary/aromatic N) is 2. The molecule has 0 aromatic rings. The Hall–Kier alpha value is -1.34. The third kappa shape index (κ3) is 4.14. The standard InChI is InChI=1S/C19H35N3O4/c1-3-5-11-21(14-23)19(13-26-18(25)22(19)4-2)17(24)16(20)12-15-9-7-6-8-10-15/h14-17,24H,3-13,20H2,1-2H3/t16-,17-,19+/m0/s1. The summed E-state index contributed by atoms with van der Waals surface area (Å²) in [6.45, 7) is 4.63. The van der Waals surface area contributed by atoms with Crippen molar-refractivity contribution >= 4 is 12.5 Å². The number of carbonyl (C=O) groups is 2. The SMILES string of the molecule is CCCCN(C=O)[C@]1([C@@H](O)[C@@H](N)CC2CCCCC2)COC(=O)N1CC. The van der Waals surface area contributed by atoms with E-state index in [1.165, 1.54) is 29.1 Å². The van der Waals surface area contributed by atoms with Crippen LogP contribution in [-0.2, 0) is 9.53 Å². The molecular formula is C19H35N3O4. The lowest BCUT2D eigenvalue weighted by Gasteiger charge is -2.47. The first kappa shape index (κ1) is 21.0. The van der Waals surface area contributed by atoms with Crippen LogP contribution in [0.1, 0.15) is 65.2 Å². The maximum atomic E-state index is 12.2. The van der Waals surface area contributed by atoms with Crippen LogP contribution in [0.25, 0.3) is 0 Å². The molecule has 1 saturated heterocycles. The minimum absolute atomic E-state index is 0.0400. The van der Waals surface area contributed by atoms with E-state index in [-0.39, 0.29) is 6.61 Å². The van der Waals surface area contributed by atoms with E-state index in [1.807, 2.05) is 13.8 Å². The highest BCUT2D eigenvalue weighted by Crippen LogP contribution is 2.35. The maximum Gasteiger partial charge on any atom is 0.411 e. The molecule has 0 spiro atoms. The Morgan fingerprint density at radius 2 is 2.08 bits per heavy atom. The molecule has 2 fully saturated rings. The molecule has 3 atom stereocenters. The molecular weight excluding hydrogens is 334 g/mol. The second-order valence-electron chi connectivity index (χ2n) is 7.68. The van der Waals surface area contributed by atoms with Gasteiger partial charge in [-0.3, -0.25) is 9.69 Å². The van der Waals surface area contributed by atoms with Crippen LogP contribution in [0.15, 0.2) is 0 Å². The second kappa shape index (κ2) is 9.55. The summed E-state index contributed by atoms with van der Waals surface area (Å²) < 4.78 is 5.27. The van der Waals surface area contributed by atoms with E-state index in [0.717, 1.165) is 32.1 Å². The summed E-state index contributed by atoms with van der Waals surface area (Å²) in [5.41, 5.74) is 5.20. The van der Waals surface area contributed by atoms with Gasteiger partial charge < -0.3 is 20.5 Å². The molecule has 2 rings (SSSR count). The summed E-state index contributed by atoms with van der Waals surface area (Å²) >= 11 is 0. The van der Waals surface area contributed by atoms with Crippen molar-refractivity contribution in [2.45, 2.75) is 83.0 Å². The number of cyclic esters (lactones) is 1. The van der Waals surface area contributed by atoms with Crippen LogP contribution in [0.3, 0.4) is 0 Å². The highest BCUT2D eigenvalue weighted by atomic mass is 16.6. The molecule has 0 radical (unpaired) electrons. The predicted octanol–water partition coefficient (Wildman–Crippen LogP) is 2.07. The van der Waals surface area contributed by atoms with Crippen molar-refractivity contribution < 1.29 is 19.4 Å². The summed E-state index contributed by atoms with van der Waals surface area (Å²) in [6.07, 6.45) is 7.52. The maximum absolute atomic E-state index is 12.2. The average Bonchev–Trinajstić information content (AvgIpc) is 2.99. The number of aliphatic hydroxyl groups is 1. The Morgan fingerprint density at radius 1 is 1.38 bits per heavy atom. The van der Waals surface area contributed by atoms with Gasteiger partial charge in [-0.1, -0.05) is 45.4 Å². The largest absolute Gasteiger partial charge is 0.445 e. The van der Waals surface area contributed by atoms with Crippen LogP contribution < -0.4 is 5.73 Å². The van der Waals surface area contributed by atoms with E-state index in [2.05, 4.69) is 0 Å². The number of ether oxygens (including phenoxy) is 1. The first-order valence-corrected chi connectivity index (χ1v) is 10.1. The van der Waals surface area contributed by atoms with Crippen LogP contribution in [0, 0.1) is 5.92 Å². The Labute approximate surface area is 156 Å². The van der Waals surface area contributed by atoms with E-state index >= 15 is 0 Å². The van der Waals surface area contributed by atoms with E-state index in [9.17, 15) is 14.7 Å². The van der Waals surface area contributed by atoms with Gasteiger partial charge in [0.2, 0.25) is 6.41 Å². The Kier molecular flexibility index (Phi) is 7.70. The number of unbranched alkanes of at least 4 members (excludes halogenated alkanes) is 1. The molecule has 1 heterocycles. The van der Waals surface area contributed by atoms with Crippen LogP contribution in [0.4, 0.5) is 4.79 Å². The number of aliphatic hydroxyl groups excluding tert-OH is 1. The normalized spacial score (nSPS) is 26.5. The highest BCUT2D eigenvalue weighted by Gasteiger charge is 2.57. The fourth-order valence-corrected chi connectivity index (χ4v) is 4.48. The van der Waals surface area contributed by atoms with Crippen molar-refractivity contribution in [2.75, 3.05) is 19.7 Å². The number of amides is 2. The summed E-state index contributed by atoms with van der Waals surface area (Å²) in [5.74, 6) is 0.499. The van der Waals surface area contributed by atoms with Crippen molar-refractivity contribution in [1.29, 1.82) is 0 Å². The van der Waals surface area contributed by atoms with Crippen molar-refractivity contribution in [3.8, 4) is 0 Å². The van der Waals surface area contributed by atoms with Gasteiger partial charge in [-0.05, 0) is 25.7 Å². The van der Waals surface area contributed by atoms with Gasteiger partial charge in [0.25, 0.3) is 0 Å². The van der Waals surface area contributed by atoms with Gasteiger partial charge >= 0.3 is 6.09 Å². The molecule has 7 nitrogen and oxygen atoms in total. The summed E-state index contributed by atoms with van der Waals surface area (Å²) in [7, 11) is 0. The lowest BCUT2D eigenvalue weighted by atomic mass is 9.81. The summed E-state index contributed by atoms with van der Waals surface area (Å²) in [6, 6.07) is -0.509. The number of carbonyl (C=O) groups excluding carboxylic acids is 2. The fraction of sp³-hybridized carbons (Fsp3) is 0.895. The number of rotatable bonds is 10. The van der Waals surface area contributed by atoms with E-state index in [1.54, 1.807) is 0 Å². The van der Waals surface area contributed by atoms with E-state index in [4.69, 9.17) is 10.5 Å². The molecule has 26 heavy (non-hydrogen) atoms. The van der Waals surface area contributed by atoms with Crippen molar-refractivity contribution in [1.82, 2.24) is 9.80 Å². The second-order valence-corrected chi connectivity index (χ2v) is 7.68. The van der Waals surface area contributed by atoms with Gasteiger partial charge in [0.15, 0.2) is 5.66 Å². The minimum atomic E-state index is -1.21. The third-order valence-electron chi connectivity index (χ3n) is 6.00. The Morgan fingerprint density at radius 3 is 2.65 bits per heavy atom. The molecule has 1 aliphatic carbocycles. The van der Waals surface area contributed by atoms with E-state index < -0.39 is 23.9 Å². The first-order chi connectivity index (χ1) is 12.5. The molecule has 1 saturated carbocycles. The molecule has 150 valence electrons. The van der Waals surface area contributed by atoms with Crippen LogP contribution in [-0.4, -0.2) is 64.9 Å². The quantitative estimate of drug-likeness (QED) is 0.575. The van der Waals surface area contributed by atoms with E-state index in [0.29, 0.717) is 25.4 Å². The zero-order chi connectivity index (χ0) is 19.2. The molecule has 2 amide bonds. The van der Waals surface area contributed by atoms with Crippen molar-refractivity contribution in [3.63, 3.8) is 0 Å². The molecule has 0 unspecified atom stereocenters. The first-order valence-electron chi connectivity index (χ1n) is 10.1. The number of nitrogens with two attached hydrogens (primary N) is 1. The zero-order valence-corrected chi connectivity index (χ0v) is 16.2. The van der Waals surface area contributed by atoms with Gasteiger partial charge in [0.05, 0.1) is 0 Å². The van der Waals surface area contributed by atoms with Gasteiger partial charge in [-0.2, -0.15) is 0 Å². The molecule has 2 aliphatic rings. The summed E-state index contributed by atoms with van der Waals surface area (Å²) in [5, 5.41) is 11.2. The molecule has 7 heteroatoms. The van der Waals surface area contributed by atoms with Gasteiger partial charge in [0.1, 0.15) is 12.7 Å². The van der Waals surface area contributed by atoms with Gasteiger partial charge in [-0.15, -0.1) is 0 Å². The zero-order valence-electron chi connectivity index (χ0n) is 16.2. The number of hydrogen-bond donors (Lipinski definition) is 2. The number of hydrogen-bond acceptors (Lipinski definition) is 5. The van der Waals surface area contributed by atoms with Gasteiger partial charge in [-0.25, -0.2) is 4.79 Å². The lowest BCUT2D eigenvalue weighted by molar-refractivity contribution is -0.146. The average molecular weight is 370 g/mol. The molecule has 0 bridgehead atoms. The molecule has 0 aromatic heterocycles. The minimum Gasteiger partial charge on any atom is -0.445 e. The van der Waals surface area contributed by atoms with Crippen LogP contribution in [0.2, 0.25) is 0 Å². The molecule has 3 N–H and O–H groups in total. The molecule has 0 aromatic carbocycles.